The van der Waals surface area contributed by atoms with Crippen molar-refractivity contribution in [3.8, 4) is 0 Å². The number of aliphatic hydroxyl groups is 1. The third-order valence-electron chi connectivity index (χ3n) is 9.07. The highest BCUT2D eigenvalue weighted by atomic mass is 16.7. The molecule has 250 valence electrons. The van der Waals surface area contributed by atoms with Gasteiger partial charge in [-0.1, -0.05) is 73.7 Å². The lowest BCUT2D eigenvalue weighted by molar-refractivity contribution is -0.384. The van der Waals surface area contributed by atoms with Crippen LogP contribution in [-0.4, -0.2) is 59.8 Å². The lowest BCUT2D eigenvalue weighted by Crippen LogP contribution is -2.51. The summed E-state index contributed by atoms with van der Waals surface area (Å²) < 4.78 is 13.3. The second-order valence-corrected chi connectivity index (χ2v) is 12.3. The standard InChI is InChI=1S/C37H41N5O6/c1-26-34(24-40-18-20-41(21-19-40)32-14-16-33(17-15-32)42(45)46)47-36(48-35(26)29-12-10-28(25-43)11-13-29)30-8-5-9-31(22-30)39-37(44)38-23-27-6-3-2-4-7-27/h2-17,22,26,34-36,43H,18-21,23-25H2,1H3,(H2,38,39,44)/t26-,34+,35+,36+/m1/s1. The number of benzene rings is 4. The van der Waals surface area contributed by atoms with E-state index in [9.17, 15) is 20.0 Å². The van der Waals surface area contributed by atoms with Crippen LogP contribution in [0.4, 0.5) is 21.9 Å². The fourth-order valence-electron chi connectivity index (χ4n) is 6.27. The summed E-state index contributed by atoms with van der Waals surface area (Å²) in [4.78, 5) is 28.0. The van der Waals surface area contributed by atoms with Crippen LogP contribution in [0.15, 0.2) is 103 Å². The van der Waals surface area contributed by atoms with Gasteiger partial charge in [0.15, 0.2) is 6.29 Å². The van der Waals surface area contributed by atoms with Crippen LogP contribution in [0.1, 0.15) is 41.6 Å². The maximum atomic E-state index is 12.7. The first-order valence-corrected chi connectivity index (χ1v) is 16.3. The Hall–Kier alpha value is -4.81. The number of ether oxygens (including phenoxy) is 2. The number of carbonyl (C=O) groups excluding carboxylic acids is 1. The van der Waals surface area contributed by atoms with Crippen molar-refractivity contribution >= 4 is 23.1 Å². The minimum atomic E-state index is -0.663. The SMILES string of the molecule is C[C@@H]1[C@H](CN2CCN(c3ccc([N+](=O)[O-])cc3)CC2)O[C@H](c2cccc(NC(=O)NCc3ccccc3)c2)O[C@@H]1c1ccc(CO)cc1. The topological polar surface area (TPSA) is 129 Å². The third-order valence-corrected chi connectivity index (χ3v) is 9.07. The number of nitro groups is 1. The molecule has 11 nitrogen and oxygen atoms in total. The highest BCUT2D eigenvalue weighted by Crippen LogP contribution is 2.42. The number of nitro benzene ring substituents is 1. The molecule has 2 fully saturated rings. The lowest BCUT2D eigenvalue weighted by Gasteiger charge is -2.44. The Bertz CT molecular complexity index is 1660. The van der Waals surface area contributed by atoms with E-state index in [0.717, 1.165) is 54.1 Å². The van der Waals surface area contributed by atoms with Crippen LogP contribution in [0.25, 0.3) is 0 Å². The van der Waals surface area contributed by atoms with Crippen LogP contribution < -0.4 is 15.5 Å². The summed E-state index contributed by atoms with van der Waals surface area (Å²) >= 11 is 0. The first kappa shape index (κ1) is 33.1. The number of rotatable bonds is 10. The molecule has 2 amide bonds. The summed E-state index contributed by atoms with van der Waals surface area (Å²) in [7, 11) is 0. The molecule has 0 aromatic heterocycles. The summed E-state index contributed by atoms with van der Waals surface area (Å²) in [5.74, 6) is 0.0269. The molecule has 0 spiro atoms. The number of piperazine rings is 1. The van der Waals surface area contributed by atoms with Gasteiger partial charge in [-0.15, -0.1) is 0 Å². The summed E-state index contributed by atoms with van der Waals surface area (Å²) in [5, 5.41) is 26.5. The fraction of sp³-hybridized carbons (Fsp3) is 0.324. The number of amides is 2. The zero-order valence-corrected chi connectivity index (χ0v) is 26.9. The molecule has 0 aliphatic carbocycles. The van der Waals surface area contributed by atoms with Crippen molar-refractivity contribution in [2.24, 2.45) is 5.92 Å². The molecule has 0 bridgehead atoms. The number of carbonyl (C=O) groups is 1. The van der Waals surface area contributed by atoms with Gasteiger partial charge < -0.3 is 30.1 Å². The van der Waals surface area contributed by atoms with Gasteiger partial charge in [0.1, 0.15) is 0 Å². The fourth-order valence-corrected chi connectivity index (χ4v) is 6.27. The summed E-state index contributed by atoms with van der Waals surface area (Å²) in [5.41, 5.74) is 5.35. The summed E-state index contributed by atoms with van der Waals surface area (Å²) in [6.45, 7) is 6.48. The summed E-state index contributed by atoms with van der Waals surface area (Å²) in [6, 6.07) is 31.5. The molecule has 4 atom stereocenters. The van der Waals surface area contributed by atoms with Gasteiger partial charge in [0.25, 0.3) is 5.69 Å². The van der Waals surface area contributed by atoms with Gasteiger partial charge in [0.05, 0.1) is 23.7 Å². The second kappa shape index (κ2) is 15.4. The Morgan fingerprint density at radius 2 is 1.60 bits per heavy atom. The van der Waals surface area contributed by atoms with Crippen molar-refractivity contribution in [1.29, 1.82) is 0 Å². The lowest BCUT2D eigenvalue weighted by atomic mass is 9.90. The van der Waals surface area contributed by atoms with Crippen molar-refractivity contribution < 1.29 is 24.3 Å². The van der Waals surface area contributed by atoms with E-state index >= 15 is 0 Å². The predicted molar refractivity (Wildman–Crippen MR) is 183 cm³/mol. The van der Waals surface area contributed by atoms with Gasteiger partial charge in [0, 0.05) is 74.3 Å². The Kier molecular flexibility index (Phi) is 10.6. The molecule has 2 saturated heterocycles. The molecule has 0 saturated carbocycles. The van der Waals surface area contributed by atoms with E-state index in [-0.39, 0.29) is 41.4 Å². The van der Waals surface area contributed by atoms with Crippen LogP contribution in [0.2, 0.25) is 0 Å². The number of nitrogens with zero attached hydrogens (tertiary/aromatic N) is 3. The number of hydrogen-bond donors (Lipinski definition) is 3. The molecule has 2 aliphatic heterocycles. The maximum Gasteiger partial charge on any atom is 0.319 e. The molecule has 11 heteroatoms. The van der Waals surface area contributed by atoms with Crippen molar-refractivity contribution in [3.63, 3.8) is 0 Å². The maximum absolute atomic E-state index is 12.7. The van der Waals surface area contributed by atoms with Crippen molar-refractivity contribution in [1.82, 2.24) is 10.2 Å². The van der Waals surface area contributed by atoms with E-state index in [1.807, 2.05) is 91.0 Å². The quantitative estimate of drug-likeness (QED) is 0.140. The van der Waals surface area contributed by atoms with Crippen molar-refractivity contribution in [3.05, 3.63) is 135 Å². The summed E-state index contributed by atoms with van der Waals surface area (Å²) in [6.07, 6.45) is -1.07. The molecule has 2 aliphatic rings. The van der Waals surface area contributed by atoms with Crippen molar-refractivity contribution in [2.45, 2.75) is 38.6 Å². The minimum absolute atomic E-state index is 0.0269. The van der Waals surface area contributed by atoms with E-state index in [2.05, 4.69) is 27.4 Å². The first-order chi connectivity index (χ1) is 23.4. The van der Waals surface area contributed by atoms with E-state index in [0.29, 0.717) is 18.8 Å². The predicted octanol–water partition coefficient (Wildman–Crippen LogP) is 6.02. The van der Waals surface area contributed by atoms with E-state index < -0.39 is 6.29 Å². The molecule has 4 aromatic carbocycles. The smallest absolute Gasteiger partial charge is 0.319 e. The second-order valence-electron chi connectivity index (χ2n) is 12.3. The number of hydrogen-bond acceptors (Lipinski definition) is 8. The van der Waals surface area contributed by atoms with Gasteiger partial charge in [-0.3, -0.25) is 15.0 Å². The normalized spacial score (nSPS) is 21.4. The van der Waals surface area contributed by atoms with Crippen molar-refractivity contribution in [2.75, 3.05) is 42.9 Å². The van der Waals surface area contributed by atoms with Gasteiger partial charge in [-0.05, 0) is 41.0 Å². The molecule has 48 heavy (non-hydrogen) atoms. The number of anilines is 2. The van der Waals surface area contributed by atoms with E-state index in [1.54, 1.807) is 12.1 Å². The van der Waals surface area contributed by atoms with E-state index in [1.165, 1.54) is 0 Å². The van der Waals surface area contributed by atoms with Crippen LogP contribution in [0, 0.1) is 16.0 Å². The van der Waals surface area contributed by atoms with Gasteiger partial charge >= 0.3 is 6.03 Å². The molecule has 4 aromatic rings. The van der Waals surface area contributed by atoms with Crippen LogP contribution in [-0.2, 0) is 22.6 Å². The zero-order chi connectivity index (χ0) is 33.5. The average Bonchev–Trinajstić information content (AvgIpc) is 3.12. The third kappa shape index (κ3) is 8.18. The molecular formula is C37H41N5O6. The highest BCUT2D eigenvalue weighted by Gasteiger charge is 2.39. The Balaban J connectivity index is 1.14. The molecule has 0 radical (unpaired) electrons. The number of aliphatic hydroxyl groups excluding tert-OH is 1. The Morgan fingerprint density at radius 3 is 2.29 bits per heavy atom. The van der Waals surface area contributed by atoms with Crippen LogP contribution in [0.5, 0.6) is 0 Å². The zero-order valence-electron chi connectivity index (χ0n) is 26.9. The van der Waals surface area contributed by atoms with Gasteiger partial charge in [-0.25, -0.2) is 4.79 Å². The highest BCUT2D eigenvalue weighted by molar-refractivity contribution is 5.89. The van der Waals surface area contributed by atoms with Gasteiger partial charge in [-0.2, -0.15) is 0 Å². The number of nitrogens with one attached hydrogen (secondary N) is 2. The van der Waals surface area contributed by atoms with Crippen LogP contribution in [0.3, 0.4) is 0 Å². The molecule has 2 heterocycles. The Morgan fingerprint density at radius 1 is 0.875 bits per heavy atom. The average molecular weight is 652 g/mol. The van der Waals surface area contributed by atoms with Crippen LogP contribution >= 0.6 is 0 Å². The van der Waals surface area contributed by atoms with E-state index in [4.69, 9.17) is 9.47 Å². The monoisotopic (exact) mass is 651 g/mol. The Labute approximate surface area is 280 Å². The van der Waals surface area contributed by atoms with Gasteiger partial charge in [0.2, 0.25) is 0 Å². The molecule has 6 rings (SSSR count). The molecule has 0 unspecified atom stereocenters. The number of non-ortho nitro benzene ring substituents is 1. The molecular weight excluding hydrogens is 610 g/mol. The largest absolute Gasteiger partial charge is 0.392 e. The molecule has 3 N–H and O–H groups in total. The first-order valence-electron chi connectivity index (χ1n) is 16.3. The number of urea groups is 1. The minimum Gasteiger partial charge on any atom is -0.392 e.